The van der Waals surface area contributed by atoms with Gasteiger partial charge >= 0.3 is 12.0 Å². The fourth-order valence-corrected chi connectivity index (χ4v) is 7.04. The fraction of sp³-hybridized carbons (Fsp3) is 0.478. The van der Waals surface area contributed by atoms with Crippen LogP contribution < -0.4 is 15.5 Å². The second-order valence-corrected chi connectivity index (χ2v) is 12.6. The number of piperazine rings is 1. The lowest BCUT2D eigenvalue weighted by molar-refractivity contribution is 0.0806. The number of anilines is 2. The normalized spacial score (nSPS) is 22.2. The molecule has 6 rings (SSSR count). The van der Waals surface area contributed by atoms with Crippen LogP contribution in [0.5, 0.6) is 0 Å². The minimum absolute atomic E-state index is 0.0455. The quantitative estimate of drug-likeness (QED) is 0.478. The number of ether oxygens (including phenoxy) is 1. The summed E-state index contributed by atoms with van der Waals surface area (Å²) in [6, 6.07) is 5.00. The smallest absolute Gasteiger partial charge is 0.325 e. The molecular formula is C23H26FN7O5S2. The highest BCUT2D eigenvalue weighted by Gasteiger charge is 2.46. The van der Waals surface area contributed by atoms with E-state index >= 15 is 0 Å². The summed E-state index contributed by atoms with van der Waals surface area (Å²) >= 11 is 1.31. The van der Waals surface area contributed by atoms with E-state index in [1.54, 1.807) is 12.1 Å². The molecule has 0 radical (unpaired) electrons. The summed E-state index contributed by atoms with van der Waals surface area (Å²) in [5, 5.41) is 10.3. The molecule has 2 bridgehead atoms. The van der Waals surface area contributed by atoms with Gasteiger partial charge in [0.15, 0.2) is 5.13 Å². The molecule has 2 N–H and O–H groups in total. The van der Waals surface area contributed by atoms with Gasteiger partial charge < -0.3 is 19.5 Å². The summed E-state index contributed by atoms with van der Waals surface area (Å²) in [5.41, 5.74) is 1.41. The van der Waals surface area contributed by atoms with E-state index in [-0.39, 0.29) is 43.0 Å². The number of carbonyl (C=O) groups is 1. The maximum atomic E-state index is 13.4. The van der Waals surface area contributed by atoms with Gasteiger partial charge in [-0.1, -0.05) is 16.5 Å². The first-order valence-electron chi connectivity index (χ1n) is 12.2. The summed E-state index contributed by atoms with van der Waals surface area (Å²) in [7, 11) is -3.45. The first-order chi connectivity index (χ1) is 18.2. The van der Waals surface area contributed by atoms with E-state index in [0.717, 1.165) is 23.4 Å². The van der Waals surface area contributed by atoms with Crippen molar-refractivity contribution in [2.75, 3.05) is 42.8 Å². The average Bonchev–Trinajstić information content (AvgIpc) is 3.51. The topological polar surface area (TPSA) is 143 Å². The largest absolute Gasteiger partial charge is 0.381 e. The Morgan fingerprint density at radius 1 is 1.16 bits per heavy atom. The molecule has 12 nitrogen and oxygen atoms in total. The number of benzene rings is 1. The van der Waals surface area contributed by atoms with Crippen molar-refractivity contribution >= 4 is 38.5 Å². The number of urea groups is 1. The number of fused-ring (bicyclic) bond motifs is 4. The van der Waals surface area contributed by atoms with Gasteiger partial charge in [0, 0.05) is 44.3 Å². The Labute approximate surface area is 222 Å². The van der Waals surface area contributed by atoms with Gasteiger partial charge in [0.1, 0.15) is 5.82 Å². The number of aromatic nitrogens is 3. The molecule has 15 heteroatoms. The van der Waals surface area contributed by atoms with Crippen molar-refractivity contribution in [3.05, 3.63) is 40.7 Å². The molecule has 3 aliphatic rings. The maximum Gasteiger partial charge on any atom is 0.325 e. The minimum atomic E-state index is -3.45. The Bertz CT molecular complexity index is 1440. The first kappa shape index (κ1) is 25.2. The van der Waals surface area contributed by atoms with Crippen LogP contribution in [0.3, 0.4) is 0 Å². The van der Waals surface area contributed by atoms with Crippen LogP contribution >= 0.6 is 11.3 Å². The van der Waals surface area contributed by atoms with Crippen LogP contribution in [0, 0.1) is 5.82 Å². The van der Waals surface area contributed by atoms with Gasteiger partial charge in [-0.05, 0) is 37.1 Å². The Hall–Kier alpha value is -3.14. The van der Waals surface area contributed by atoms with Crippen molar-refractivity contribution in [1.29, 1.82) is 0 Å². The second-order valence-electron chi connectivity index (χ2n) is 9.58. The molecule has 38 heavy (non-hydrogen) atoms. The summed E-state index contributed by atoms with van der Waals surface area (Å²) in [6.07, 6.45) is 3.14. The molecule has 2 aromatic heterocycles. The highest BCUT2D eigenvalue weighted by molar-refractivity contribution is 7.88. The maximum absolute atomic E-state index is 13.4. The number of hydrogen-bond donors (Lipinski definition) is 2. The zero-order valence-electron chi connectivity index (χ0n) is 20.5. The number of hydrogen-bond acceptors (Lipinski definition) is 10. The molecule has 3 aromatic rings. The van der Waals surface area contributed by atoms with Gasteiger partial charge in [-0.2, -0.15) is 9.29 Å². The van der Waals surface area contributed by atoms with Crippen molar-refractivity contribution in [2.24, 2.45) is 0 Å². The van der Waals surface area contributed by atoms with E-state index in [0.29, 0.717) is 36.2 Å². The third-order valence-electron chi connectivity index (χ3n) is 6.96. The Balaban J connectivity index is 1.27. The number of rotatable bonds is 5. The van der Waals surface area contributed by atoms with Crippen LogP contribution in [0.2, 0.25) is 0 Å². The van der Waals surface area contributed by atoms with Crippen molar-refractivity contribution in [3.8, 4) is 11.4 Å². The van der Waals surface area contributed by atoms with E-state index < -0.39 is 16.1 Å². The van der Waals surface area contributed by atoms with Crippen molar-refractivity contribution in [2.45, 2.75) is 37.4 Å². The third kappa shape index (κ3) is 4.98. The predicted molar refractivity (Wildman–Crippen MR) is 137 cm³/mol. The number of thiazole rings is 1. The molecule has 2 unspecified atom stereocenters. The second kappa shape index (κ2) is 9.87. The fourth-order valence-electron chi connectivity index (χ4n) is 5.11. The van der Waals surface area contributed by atoms with Crippen LogP contribution in [0.4, 0.5) is 20.3 Å². The number of nitrogens with zero attached hydrogens (tertiary/aromatic N) is 5. The molecule has 5 heterocycles. The van der Waals surface area contributed by atoms with E-state index in [4.69, 9.17) is 9.26 Å². The number of amides is 2. The van der Waals surface area contributed by atoms with E-state index in [1.165, 1.54) is 34.0 Å². The number of halogens is 1. The van der Waals surface area contributed by atoms with Crippen LogP contribution in [-0.2, 0) is 21.2 Å². The number of sulfonamides is 1. The van der Waals surface area contributed by atoms with Crippen LogP contribution in [-0.4, -0.2) is 78.5 Å². The number of nitrogens with one attached hydrogen (secondary N) is 2. The lowest BCUT2D eigenvalue weighted by atomic mass is 9.95. The lowest BCUT2D eigenvalue weighted by Gasteiger charge is -2.47. The molecule has 3 aliphatic heterocycles. The van der Waals surface area contributed by atoms with Gasteiger partial charge in [-0.25, -0.2) is 22.6 Å². The molecule has 202 valence electrons. The molecule has 1 aromatic carbocycles. The molecular weight excluding hydrogens is 537 g/mol. The molecule has 2 fully saturated rings. The van der Waals surface area contributed by atoms with Gasteiger partial charge in [-0.15, -0.1) is 0 Å². The molecule has 2 saturated heterocycles. The van der Waals surface area contributed by atoms with Crippen LogP contribution in [0.15, 0.2) is 28.8 Å². The van der Waals surface area contributed by atoms with Gasteiger partial charge in [0.05, 0.1) is 28.9 Å². The first-order valence-corrected chi connectivity index (χ1v) is 14.9. The van der Waals surface area contributed by atoms with Crippen LogP contribution in [0.25, 0.3) is 11.4 Å². The van der Waals surface area contributed by atoms with Gasteiger partial charge in [0.25, 0.3) is 0 Å². The molecule has 0 aliphatic carbocycles. The molecule has 0 spiro atoms. The summed E-state index contributed by atoms with van der Waals surface area (Å²) in [4.78, 5) is 24.6. The van der Waals surface area contributed by atoms with Gasteiger partial charge in [-0.3, -0.25) is 5.32 Å². The van der Waals surface area contributed by atoms with Crippen molar-refractivity contribution < 1.29 is 26.9 Å². The zero-order chi connectivity index (χ0) is 26.4. The third-order valence-corrected chi connectivity index (χ3v) is 9.31. The standard InChI is InChI=1S/C23H26FN7O5S2/c1-38(33,34)30-11-16-10-17-19(37-22(26-17)28-21(32)25-15-6-8-35-9-7-15)18(12-30)31(16)23-27-20(29-36-23)13-2-4-14(24)5-3-13/h2-5,15-16,18H,6-12H2,1H3,(H2,25,26,28,32). The summed E-state index contributed by atoms with van der Waals surface area (Å²) < 4.78 is 50.7. The minimum Gasteiger partial charge on any atom is -0.381 e. The lowest BCUT2D eigenvalue weighted by Crippen LogP contribution is -2.59. The number of carbonyl (C=O) groups excluding carboxylic acids is 1. The average molecular weight is 564 g/mol. The van der Waals surface area contributed by atoms with E-state index in [1.807, 2.05) is 4.90 Å². The Morgan fingerprint density at radius 2 is 1.92 bits per heavy atom. The summed E-state index contributed by atoms with van der Waals surface area (Å²) in [6.45, 7) is 1.63. The van der Waals surface area contributed by atoms with E-state index in [9.17, 15) is 17.6 Å². The molecule has 2 amide bonds. The SMILES string of the molecule is CS(=O)(=O)N1CC2Cc3nc(NC(=O)NC4CCOCC4)sc3C(C1)N2c1nc(-c2ccc(F)cc2)no1. The zero-order valence-corrected chi connectivity index (χ0v) is 22.1. The Kier molecular flexibility index (Phi) is 6.53. The molecule has 0 saturated carbocycles. The summed E-state index contributed by atoms with van der Waals surface area (Å²) in [5.74, 6) is -0.0623. The monoisotopic (exact) mass is 563 g/mol. The van der Waals surface area contributed by atoms with Gasteiger partial charge in [0.2, 0.25) is 15.8 Å². The predicted octanol–water partition coefficient (Wildman–Crippen LogP) is 2.38. The molecule has 2 atom stereocenters. The highest BCUT2D eigenvalue weighted by atomic mass is 32.2. The van der Waals surface area contributed by atoms with Crippen molar-refractivity contribution in [3.63, 3.8) is 0 Å². The van der Waals surface area contributed by atoms with Crippen LogP contribution in [0.1, 0.15) is 29.5 Å². The van der Waals surface area contributed by atoms with Crippen molar-refractivity contribution in [1.82, 2.24) is 24.7 Å². The Morgan fingerprint density at radius 3 is 2.66 bits per heavy atom. The highest BCUT2D eigenvalue weighted by Crippen LogP contribution is 2.44. The van der Waals surface area contributed by atoms with E-state index in [2.05, 4.69) is 25.8 Å².